The number of hydrogen-bond donors (Lipinski definition) is 0. The van der Waals surface area contributed by atoms with Gasteiger partial charge in [-0.05, 0) is 56.8 Å². The van der Waals surface area contributed by atoms with Crippen LogP contribution in [0.2, 0.25) is 0 Å². The highest BCUT2D eigenvalue weighted by atomic mass is 16.7. The molecule has 0 saturated heterocycles. The summed E-state index contributed by atoms with van der Waals surface area (Å²) in [6.45, 7) is 4.59. The second kappa shape index (κ2) is 10.2. The van der Waals surface area contributed by atoms with Crippen molar-refractivity contribution >= 4 is 6.16 Å². The largest absolute Gasteiger partial charge is 0.508 e. The molecule has 1 unspecified atom stereocenters. The molecule has 2 fully saturated rings. The van der Waals surface area contributed by atoms with Gasteiger partial charge in [-0.2, -0.15) is 0 Å². The maximum Gasteiger partial charge on any atom is 0.508 e. The van der Waals surface area contributed by atoms with Crippen LogP contribution in [-0.2, 0) is 9.47 Å². The van der Waals surface area contributed by atoms with Crippen LogP contribution in [0.1, 0.15) is 90.9 Å². The SMILES string of the molecule is CCOC(=O)O[C@H]1CC[C@H](CCC(CC)C2CCCCC2)CC1. The first-order chi connectivity index (χ1) is 11.2. The fourth-order valence-electron chi connectivity index (χ4n) is 4.65. The van der Waals surface area contributed by atoms with Gasteiger partial charge in [0.1, 0.15) is 6.10 Å². The summed E-state index contributed by atoms with van der Waals surface area (Å²) in [7, 11) is 0. The average Bonchev–Trinajstić information content (AvgIpc) is 2.58. The van der Waals surface area contributed by atoms with E-state index in [9.17, 15) is 4.79 Å². The van der Waals surface area contributed by atoms with Crippen molar-refractivity contribution < 1.29 is 14.3 Å². The van der Waals surface area contributed by atoms with E-state index in [1.54, 1.807) is 0 Å². The molecule has 3 nitrogen and oxygen atoms in total. The van der Waals surface area contributed by atoms with Crippen molar-refractivity contribution in [2.75, 3.05) is 6.61 Å². The fourth-order valence-corrected chi connectivity index (χ4v) is 4.65. The highest BCUT2D eigenvalue weighted by Gasteiger charge is 2.27. The van der Waals surface area contributed by atoms with Gasteiger partial charge in [0.05, 0.1) is 6.61 Å². The Morgan fingerprint density at radius 1 is 1.00 bits per heavy atom. The van der Waals surface area contributed by atoms with E-state index in [1.807, 2.05) is 6.92 Å². The Labute approximate surface area is 142 Å². The van der Waals surface area contributed by atoms with Gasteiger partial charge < -0.3 is 9.47 Å². The van der Waals surface area contributed by atoms with Crippen LogP contribution in [-0.4, -0.2) is 18.9 Å². The average molecular weight is 325 g/mol. The molecule has 0 aromatic heterocycles. The quantitative estimate of drug-likeness (QED) is 0.530. The summed E-state index contributed by atoms with van der Waals surface area (Å²) in [6.07, 6.45) is 15.5. The zero-order valence-corrected chi connectivity index (χ0v) is 15.2. The van der Waals surface area contributed by atoms with Gasteiger partial charge >= 0.3 is 6.16 Å². The van der Waals surface area contributed by atoms with E-state index in [0.29, 0.717) is 6.61 Å². The lowest BCUT2D eigenvalue weighted by atomic mass is 9.74. The predicted molar refractivity (Wildman–Crippen MR) is 93.4 cm³/mol. The Bertz CT molecular complexity index is 328. The van der Waals surface area contributed by atoms with Crippen LogP contribution in [0.5, 0.6) is 0 Å². The maximum atomic E-state index is 11.4. The van der Waals surface area contributed by atoms with Crippen molar-refractivity contribution in [1.29, 1.82) is 0 Å². The highest BCUT2D eigenvalue weighted by molar-refractivity contribution is 5.60. The van der Waals surface area contributed by atoms with Crippen LogP contribution in [0.4, 0.5) is 4.79 Å². The van der Waals surface area contributed by atoms with Crippen LogP contribution >= 0.6 is 0 Å². The zero-order chi connectivity index (χ0) is 16.5. The van der Waals surface area contributed by atoms with Gasteiger partial charge in [-0.1, -0.05) is 51.9 Å². The van der Waals surface area contributed by atoms with Gasteiger partial charge in [0.15, 0.2) is 0 Å². The molecule has 0 N–H and O–H groups in total. The van der Waals surface area contributed by atoms with Gasteiger partial charge in [-0.25, -0.2) is 4.79 Å². The molecule has 0 heterocycles. The minimum Gasteiger partial charge on any atom is -0.435 e. The lowest BCUT2D eigenvalue weighted by Crippen LogP contribution is -2.25. The third-order valence-corrected chi connectivity index (χ3v) is 6.11. The Morgan fingerprint density at radius 3 is 2.30 bits per heavy atom. The lowest BCUT2D eigenvalue weighted by Gasteiger charge is -2.32. The van der Waals surface area contributed by atoms with Crippen LogP contribution in [0.15, 0.2) is 0 Å². The molecule has 3 heteroatoms. The Kier molecular flexibility index (Phi) is 8.25. The van der Waals surface area contributed by atoms with Gasteiger partial charge in [-0.15, -0.1) is 0 Å². The normalized spacial score (nSPS) is 27.4. The third kappa shape index (κ3) is 6.35. The van der Waals surface area contributed by atoms with Gasteiger partial charge in [0, 0.05) is 0 Å². The minimum absolute atomic E-state index is 0.0885. The summed E-state index contributed by atoms with van der Waals surface area (Å²) in [5.41, 5.74) is 0. The second-order valence-electron chi connectivity index (χ2n) is 7.59. The standard InChI is InChI=1S/C20H36O3/c1-3-17(18-8-6-5-7-9-18)13-10-16-11-14-19(15-12-16)23-20(21)22-4-2/h16-19H,3-15H2,1-2H3/t16-,17?,19-. The van der Waals surface area contributed by atoms with E-state index in [2.05, 4.69) is 6.92 Å². The monoisotopic (exact) mass is 324 g/mol. The summed E-state index contributed by atoms with van der Waals surface area (Å²) in [5.74, 6) is 2.79. The van der Waals surface area contributed by atoms with Crippen molar-refractivity contribution in [1.82, 2.24) is 0 Å². The van der Waals surface area contributed by atoms with Gasteiger partial charge in [0.25, 0.3) is 0 Å². The third-order valence-electron chi connectivity index (χ3n) is 6.11. The second-order valence-corrected chi connectivity index (χ2v) is 7.59. The molecule has 2 rings (SSSR count). The molecule has 2 aliphatic rings. The summed E-state index contributed by atoms with van der Waals surface area (Å²) in [4.78, 5) is 11.4. The Hall–Kier alpha value is -0.730. The summed E-state index contributed by atoms with van der Waals surface area (Å²) >= 11 is 0. The Balaban J connectivity index is 1.64. The molecule has 23 heavy (non-hydrogen) atoms. The van der Waals surface area contributed by atoms with E-state index < -0.39 is 6.16 Å². The number of carbonyl (C=O) groups excluding carboxylic acids is 1. The molecule has 2 aliphatic carbocycles. The maximum absolute atomic E-state index is 11.4. The van der Waals surface area contributed by atoms with Gasteiger partial charge in [-0.3, -0.25) is 0 Å². The van der Waals surface area contributed by atoms with Crippen LogP contribution in [0, 0.1) is 17.8 Å². The molecule has 134 valence electrons. The molecular formula is C20H36O3. The van der Waals surface area contributed by atoms with E-state index in [4.69, 9.17) is 9.47 Å². The first kappa shape index (κ1) is 18.6. The first-order valence-electron chi connectivity index (χ1n) is 10.1. The smallest absolute Gasteiger partial charge is 0.435 e. The summed E-state index contributed by atoms with van der Waals surface area (Å²) < 4.78 is 10.2. The predicted octanol–water partition coefficient (Wildman–Crippen LogP) is 6.11. The highest BCUT2D eigenvalue weighted by Crippen LogP contribution is 2.37. The van der Waals surface area contributed by atoms with Crippen molar-refractivity contribution in [3.05, 3.63) is 0 Å². The van der Waals surface area contributed by atoms with E-state index >= 15 is 0 Å². The molecule has 2 saturated carbocycles. The molecule has 0 spiro atoms. The zero-order valence-electron chi connectivity index (χ0n) is 15.2. The Morgan fingerprint density at radius 2 is 1.70 bits per heavy atom. The molecule has 0 aromatic carbocycles. The first-order valence-corrected chi connectivity index (χ1v) is 10.1. The molecule has 0 bridgehead atoms. The lowest BCUT2D eigenvalue weighted by molar-refractivity contribution is 0.00702. The number of carbonyl (C=O) groups is 1. The minimum atomic E-state index is -0.487. The number of ether oxygens (including phenoxy) is 2. The molecular weight excluding hydrogens is 288 g/mol. The molecule has 0 aromatic rings. The fraction of sp³-hybridized carbons (Fsp3) is 0.950. The van der Waals surface area contributed by atoms with Crippen molar-refractivity contribution in [2.45, 2.75) is 97.0 Å². The van der Waals surface area contributed by atoms with Crippen molar-refractivity contribution in [2.24, 2.45) is 17.8 Å². The topological polar surface area (TPSA) is 35.5 Å². The van der Waals surface area contributed by atoms with Crippen LogP contribution in [0.3, 0.4) is 0 Å². The summed E-state index contributed by atoms with van der Waals surface area (Å²) in [5, 5.41) is 0. The van der Waals surface area contributed by atoms with Crippen LogP contribution in [0.25, 0.3) is 0 Å². The molecule has 0 radical (unpaired) electrons. The van der Waals surface area contributed by atoms with E-state index in [1.165, 1.54) is 64.2 Å². The van der Waals surface area contributed by atoms with Crippen molar-refractivity contribution in [3.63, 3.8) is 0 Å². The molecule has 0 aliphatic heterocycles. The molecule has 0 amide bonds. The molecule has 1 atom stereocenters. The summed E-state index contributed by atoms with van der Waals surface area (Å²) in [6, 6.07) is 0. The number of rotatable bonds is 7. The number of hydrogen-bond acceptors (Lipinski definition) is 3. The van der Waals surface area contributed by atoms with Gasteiger partial charge in [0.2, 0.25) is 0 Å². The van der Waals surface area contributed by atoms with E-state index in [-0.39, 0.29) is 6.10 Å². The van der Waals surface area contributed by atoms with Crippen molar-refractivity contribution in [3.8, 4) is 0 Å². The van der Waals surface area contributed by atoms with E-state index in [0.717, 1.165) is 30.6 Å². The van der Waals surface area contributed by atoms with Crippen LogP contribution < -0.4 is 0 Å².